The number of anilines is 2. The molecule has 1 unspecified atom stereocenters. The highest BCUT2D eigenvalue weighted by molar-refractivity contribution is 6.32. The number of para-hydroxylation sites is 2. The van der Waals surface area contributed by atoms with Crippen molar-refractivity contribution in [2.45, 2.75) is 32.8 Å². The third-order valence-electron chi connectivity index (χ3n) is 4.81. The summed E-state index contributed by atoms with van der Waals surface area (Å²) < 4.78 is 11.4. The van der Waals surface area contributed by atoms with Crippen LogP contribution in [-0.2, 0) is 4.79 Å². The van der Waals surface area contributed by atoms with E-state index in [1.807, 2.05) is 6.07 Å². The van der Waals surface area contributed by atoms with Crippen LogP contribution in [0.1, 0.15) is 37.0 Å². The van der Waals surface area contributed by atoms with E-state index in [0.29, 0.717) is 40.1 Å². The van der Waals surface area contributed by atoms with Crippen LogP contribution in [0.25, 0.3) is 0 Å². The molecule has 1 atom stereocenters. The number of nitrogens with one attached hydrogen (secondary N) is 2. The van der Waals surface area contributed by atoms with Gasteiger partial charge in [-0.1, -0.05) is 49.2 Å². The van der Waals surface area contributed by atoms with Crippen LogP contribution in [0.5, 0.6) is 11.5 Å². The van der Waals surface area contributed by atoms with Gasteiger partial charge in [-0.25, -0.2) is 0 Å². The number of halogens is 1. The Morgan fingerprint density at radius 3 is 2.15 bits per heavy atom. The number of amides is 2. The lowest BCUT2D eigenvalue weighted by atomic mass is 10.1. The van der Waals surface area contributed by atoms with E-state index < -0.39 is 6.10 Å². The van der Waals surface area contributed by atoms with Crippen molar-refractivity contribution in [3.8, 4) is 11.5 Å². The molecule has 0 aliphatic heterocycles. The highest BCUT2D eigenvalue weighted by atomic mass is 35.5. The maximum absolute atomic E-state index is 12.7. The molecule has 0 radical (unpaired) electrons. The largest absolute Gasteiger partial charge is 0.493 e. The van der Waals surface area contributed by atoms with Gasteiger partial charge in [-0.2, -0.15) is 0 Å². The predicted octanol–water partition coefficient (Wildman–Crippen LogP) is 6.18. The van der Waals surface area contributed by atoms with E-state index in [9.17, 15) is 9.59 Å². The van der Waals surface area contributed by atoms with Crippen molar-refractivity contribution in [2.75, 3.05) is 17.2 Å². The summed E-state index contributed by atoms with van der Waals surface area (Å²) in [6, 6.07) is 21.0. The summed E-state index contributed by atoms with van der Waals surface area (Å²) in [6.07, 6.45) is 1.20. The average Bonchev–Trinajstić information content (AvgIpc) is 2.82. The molecule has 6 nitrogen and oxygen atoms in total. The summed E-state index contributed by atoms with van der Waals surface area (Å²) in [7, 11) is 0. The summed E-state index contributed by atoms with van der Waals surface area (Å²) in [4.78, 5) is 25.2. The predicted molar refractivity (Wildman–Crippen MR) is 131 cm³/mol. The standard InChI is InChI=1S/C26H27ClN2O4/c1-3-4-17-32-23-11-7-5-9-21(23)26(31)29-20-15-13-19(14-16-20)28-25(30)18(2)33-24-12-8-6-10-22(24)27/h5-16,18H,3-4,17H2,1-2H3,(H,28,30)(H,29,31). The minimum absolute atomic E-state index is 0.263. The van der Waals surface area contributed by atoms with Crippen molar-refractivity contribution < 1.29 is 19.1 Å². The zero-order chi connectivity index (χ0) is 23.6. The number of hydrogen-bond acceptors (Lipinski definition) is 4. The molecule has 0 heterocycles. The van der Waals surface area contributed by atoms with Crippen LogP contribution in [0, 0.1) is 0 Å². The minimum atomic E-state index is -0.742. The van der Waals surface area contributed by atoms with Crippen molar-refractivity contribution in [3.63, 3.8) is 0 Å². The van der Waals surface area contributed by atoms with Gasteiger partial charge in [-0.15, -0.1) is 0 Å². The molecular weight excluding hydrogens is 440 g/mol. The van der Waals surface area contributed by atoms with Crippen molar-refractivity contribution in [2.24, 2.45) is 0 Å². The molecule has 2 N–H and O–H groups in total. The molecule has 0 spiro atoms. The molecule has 3 rings (SSSR count). The minimum Gasteiger partial charge on any atom is -0.493 e. The molecule has 0 fully saturated rings. The van der Waals surface area contributed by atoms with Gasteiger partial charge in [-0.3, -0.25) is 9.59 Å². The fourth-order valence-electron chi connectivity index (χ4n) is 2.97. The van der Waals surface area contributed by atoms with E-state index in [4.69, 9.17) is 21.1 Å². The lowest BCUT2D eigenvalue weighted by molar-refractivity contribution is -0.122. The first-order valence-corrected chi connectivity index (χ1v) is 11.2. The van der Waals surface area contributed by atoms with Gasteiger partial charge in [0.2, 0.25) is 0 Å². The molecular formula is C26H27ClN2O4. The smallest absolute Gasteiger partial charge is 0.265 e. The molecule has 0 saturated heterocycles. The number of rotatable bonds is 10. The van der Waals surface area contributed by atoms with Crippen LogP contribution in [0.4, 0.5) is 11.4 Å². The van der Waals surface area contributed by atoms with Crippen molar-refractivity contribution in [1.82, 2.24) is 0 Å². The van der Waals surface area contributed by atoms with Gasteiger partial charge >= 0.3 is 0 Å². The number of unbranched alkanes of at least 4 members (excludes halogenated alkanes) is 1. The van der Waals surface area contributed by atoms with Gasteiger partial charge in [0.1, 0.15) is 11.5 Å². The molecule has 7 heteroatoms. The van der Waals surface area contributed by atoms with Crippen LogP contribution in [0.15, 0.2) is 72.8 Å². The molecule has 0 saturated carbocycles. The van der Waals surface area contributed by atoms with Crippen LogP contribution in [-0.4, -0.2) is 24.5 Å². The normalized spacial score (nSPS) is 11.4. The van der Waals surface area contributed by atoms with Crippen LogP contribution < -0.4 is 20.1 Å². The second kappa shape index (κ2) is 11.9. The van der Waals surface area contributed by atoms with Gasteiger partial charge in [0.15, 0.2) is 6.10 Å². The number of carbonyl (C=O) groups excluding carboxylic acids is 2. The summed E-state index contributed by atoms with van der Waals surface area (Å²) in [5, 5.41) is 6.09. The van der Waals surface area contributed by atoms with Crippen molar-refractivity contribution in [3.05, 3.63) is 83.4 Å². The first kappa shape index (κ1) is 24.1. The van der Waals surface area contributed by atoms with Gasteiger partial charge in [0.25, 0.3) is 11.8 Å². The number of benzene rings is 3. The highest BCUT2D eigenvalue weighted by Crippen LogP contribution is 2.25. The van der Waals surface area contributed by atoms with Crippen molar-refractivity contribution >= 4 is 34.8 Å². The Morgan fingerprint density at radius 1 is 0.879 bits per heavy atom. The van der Waals surface area contributed by atoms with Gasteiger partial charge in [-0.05, 0) is 61.9 Å². The third kappa shape index (κ3) is 6.99. The zero-order valence-corrected chi connectivity index (χ0v) is 19.4. The highest BCUT2D eigenvalue weighted by Gasteiger charge is 2.17. The summed E-state index contributed by atoms with van der Waals surface area (Å²) in [5.41, 5.74) is 1.65. The Kier molecular flexibility index (Phi) is 8.72. The maximum atomic E-state index is 12.7. The first-order valence-electron chi connectivity index (χ1n) is 10.8. The Hall–Kier alpha value is -3.51. The van der Waals surface area contributed by atoms with Crippen molar-refractivity contribution in [1.29, 1.82) is 0 Å². The fraction of sp³-hybridized carbons (Fsp3) is 0.231. The average molecular weight is 467 g/mol. The lowest BCUT2D eigenvalue weighted by Gasteiger charge is -2.16. The van der Waals surface area contributed by atoms with E-state index in [2.05, 4.69) is 17.6 Å². The first-order chi connectivity index (χ1) is 16.0. The van der Waals surface area contributed by atoms with E-state index in [1.54, 1.807) is 73.7 Å². The van der Waals surface area contributed by atoms with Crippen LogP contribution in [0.2, 0.25) is 5.02 Å². The zero-order valence-electron chi connectivity index (χ0n) is 18.6. The molecule has 0 aliphatic carbocycles. The van der Waals surface area contributed by atoms with Gasteiger partial charge < -0.3 is 20.1 Å². The SMILES string of the molecule is CCCCOc1ccccc1C(=O)Nc1ccc(NC(=O)C(C)Oc2ccccc2Cl)cc1. The lowest BCUT2D eigenvalue weighted by Crippen LogP contribution is -2.30. The molecule has 0 bridgehead atoms. The molecule has 3 aromatic rings. The summed E-state index contributed by atoms with van der Waals surface area (Å²) >= 11 is 6.08. The van der Waals surface area contributed by atoms with Gasteiger partial charge in [0.05, 0.1) is 17.2 Å². The van der Waals surface area contributed by atoms with Crippen LogP contribution >= 0.6 is 11.6 Å². The topological polar surface area (TPSA) is 76.7 Å². The van der Waals surface area contributed by atoms with Gasteiger partial charge in [0, 0.05) is 11.4 Å². The van der Waals surface area contributed by atoms with E-state index >= 15 is 0 Å². The fourth-order valence-corrected chi connectivity index (χ4v) is 3.15. The van der Waals surface area contributed by atoms with Crippen LogP contribution in [0.3, 0.4) is 0 Å². The number of carbonyl (C=O) groups is 2. The van der Waals surface area contributed by atoms with E-state index in [0.717, 1.165) is 12.8 Å². The second-order valence-corrected chi connectivity index (χ2v) is 7.82. The summed E-state index contributed by atoms with van der Waals surface area (Å²) in [6.45, 7) is 4.29. The molecule has 172 valence electrons. The Morgan fingerprint density at radius 2 is 1.48 bits per heavy atom. The van der Waals surface area contributed by atoms with E-state index in [1.165, 1.54) is 0 Å². The monoisotopic (exact) mass is 466 g/mol. The summed E-state index contributed by atoms with van der Waals surface area (Å²) in [5.74, 6) is 0.421. The third-order valence-corrected chi connectivity index (χ3v) is 5.12. The molecule has 0 aromatic heterocycles. The number of hydrogen-bond donors (Lipinski definition) is 2. The Balaban J connectivity index is 1.57. The molecule has 3 aromatic carbocycles. The van der Waals surface area contributed by atoms with E-state index in [-0.39, 0.29) is 11.8 Å². The molecule has 33 heavy (non-hydrogen) atoms. The molecule has 0 aliphatic rings. The second-order valence-electron chi connectivity index (χ2n) is 7.41. The maximum Gasteiger partial charge on any atom is 0.265 e. The molecule has 2 amide bonds. The number of ether oxygens (including phenoxy) is 2. The Labute approximate surface area is 198 Å². The Bertz CT molecular complexity index is 1090. The quantitative estimate of drug-likeness (QED) is 0.350.